The molecule has 2 aromatic rings. The van der Waals surface area contributed by atoms with Crippen molar-refractivity contribution in [3.05, 3.63) is 33.4 Å². The smallest absolute Gasteiger partial charge is 0.323 e. The minimum absolute atomic E-state index is 0.0319. The van der Waals surface area contributed by atoms with Crippen molar-refractivity contribution in [3.8, 4) is 0 Å². The predicted octanol–water partition coefficient (Wildman–Crippen LogP) is 0.456. The zero-order valence-electron chi connectivity index (χ0n) is 17.3. The fourth-order valence-corrected chi connectivity index (χ4v) is 4.04. The largest absolute Gasteiger partial charge is 0.480 e. The number of hydrogen-bond acceptors (Lipinski definition) is 5. The quantitative estimate of drug-likeness (QED) is 0.775. The van der Waals surface area contributed by atoms with Crippen molar-refractivity contribution in [2.24, 2.45) is 0 Å². The molecular weight excluding hydrogens is 390 g/mol. The van der Waals surface area contributed by atoms with Crippen LogP contribution >= 0.6 is 0 Å². The molecule has 1 saturated heterocycles. The standard InChI is InChI=1S/C20H25N5O5/c1-20(2,3)13-8-14-24(11-16(27)28)17-12(18(29)25(14)21-13)9-23(19(17)30)10-15(26)22-6-4-5-7-22/h8H,4-7,9-11H2,1-3H3,(H,27,28). The molecule has 0 atom stereocenters. The Morgan fingerprint density at radius 1 is 1.13 bits per heavy atom. The Kier molecular flexibility index (Phi) is 4.67. The van der Waals surface area contributed by atoms with E-state index in [0.29, 0.717) is 18.8 Å². The van der Waals surface area contributed by atoms with E-state index in [1.807, 2.05) is 20.8 Å². The fourth-order valence-electron chi connectivity index (χ4n) is 4.04. The number of carbonyl (C=O) groups is 3. The topological polar surface area (TPSA) is 117 Å². The monoisotopic (exact) mass is 415 g/mol. The van der Waals surface area contributed by atoms with Crippen LogP contribution in [-0.2, 0) is 28.1 Å². The van der Waals surface area contributed by atoms with Crippen LogP contribution in [0.5, 0.6) is 0 Å². The van der Waals surface area contributed by atoms with Gasteiger partial charge >= 0.3 is 5.97 Å². The van der Waals surface area contributed by atoms with Crippen LogP contribution in [0.15, 0.2) is 10.9 Å². The van der Waals surface area contributed by atoms with E-state index >= 15 is 0 Å². The molecule has 10 heteroatoms. The van der Waals surface area contributed by atoms with Crippen LogP contribution in [0, 0.1) is 0 Å². The first kappa shape index (κ1) is 20.1. The molecule has 10 nitrogen and oxygen atoms in total. The lowest BCUT2D eigenvalue weighted by Gasteiger charge is -2.20. The van der Waals surface area contributed by atoms with Crippen molar-refractivity contribution in [3.63, 3.8) is 0 Å². The van der Waals surface area contributed by atoms with E-state index in [0.717, 1.165) is 12.8 Å². The molecule has 0 aromatic carbocycles. The number of carboxylic acids is 1. The van der Waals surface area contributed by atoms with Crippen LogP contribution in [-0.4, -0.2) is 66.5 Å². The molecule has 2 aliphatic rings. The Balaban J connectivity index is 1.79. The van der Waals surface area contributed by atoms with Gasteiger partial charge in [-0.25, -0.2) is 0 Å². The van der Waals surface area contributed by atoms with E-state index in [1.165, 1.54) is 14.0 Å². The highest BCUT2D eigenvalue weighted by molar-refractivity contribution is 5.99. The normalized spacial score (nSPS) is 16.6. The van der Waals surface area contributed by atoms with Crippen molar-refractivity contribution < 1.29 is 19.5 Å². The SMILES string of the molecule is CC(C)(C)c1cc2n(CC(=O)O)c3c(c(=O)n2n1)CN(CC(=O)N1CCCC1)C3=O. The molecule has 0 saturated carbocycles. The summed E-state index contributed by atoms with van der Waals surface area (Å²) in [5.41, 5.74) is 0.267. The summed E-state index contributed by atoms with van der Waals surface area (Å²) >= 11 is 0. The summed E-state index contributed by atoms with van der Waals surface area (Å²) in [6, 6.07) is 1.65. The number of nitrogens with zero attached hydrogens (tertiary/aromatic N) is 5. The molecular formula is C20H25N5O5. The molecule has 2 aliphatic heterocycles. The average molecular weight is 415 g/mol. The molecule has 1 fully saturated rings. The van der Waals surface area contributed by atoms with Gasteiger partial charge < -0.3 is 19.5 Å². The van der Waals surface area contributed by atoms with Crippen molar-refractivity contribution in [2.75, 3.05) is 19.6 Å². The van der Waals surface area contributed by atoms with Crippen LogP contribution in [0.3, 0.4) is 0 Å². The van der Waals surface area contributed by atoms with Gasteiger partial charge in [0.1, 0.15) is 24.4 Å². The third kappa shape index (κ3) is 3.25. The van der Waals surface area contributed by atoms with E-state index < -0.39 is 24.0 Å². The second-order valence-corrected chi connectivity index (χ2v) is 8.91. The van der Waals surface area contributed by atoms with Crippen molar-refractivity contribution >= 4 is 23.4 Å². The second kappa shape index (κ2) is 6.96. The van der Waals surface area contributed by atoms with Gasteiger partial charge in [-0.3, -0.25) is 19.2 Å². The average Bonchev–Trinajstić information content (AvgIpc) is 3.38. The van der Waals surface area contributed by atoms with E-state index in [4.69, 9.17) is 0 Å². The maximum absolute atomic E-state index is 13.1. The van der Waals surface area contributed by atoms with Gasteiger partial charge in [0, 0.05) is 24.6 Å². The molecule has 0 radical (unpaired) electrons. The summed E-state index contributed by atoms with van der Waals surface area (Å²) in [7, 11) is 0. The van der Waals surface area contributed by atoms with Crippen LogP contribution < -0.4 is 5.56 Å². The first-order chi connectivity index (χ1) is 14.1. The minimum atomic E-state index is -1.14. The molecule has 0 bridgehead atoms. The fraction of sp³-hybridized carbons (Fsp3) is 0.550. The summed E-state index contributed by atoms with van der Waals surface area (Å²) in [4.78, 5) is 53.3. The lowest BCUT2D eigenvalue weighted by Crippen LogP contribution is -2.39. The highest BCUT2D eigenvalue weighted by Crippen LogP contribution is 2.26. The van der Waals surface area contributed by atoms with E-state index in [-0.39, 0.29) is 41.3 Å². The van der Waals surface area contributed by atoms with E-state index in [2.05, 4.69) is 5.10 Å². The summed E-state index contributed by atoms with van der Waals surface area (Å²) in [6.45, 7) is 6.50. The van der Waals surface area contributed by atoms with Crippen LogP contribution in [0.4, 0.5) is 0 Å². The van der Waals surface area contributed by atoms with Gasteiger partial charge in [0.25, 0.3) is 11.5 Å². The number of rotatable bonds is 4. The number of hydrogen-bond donors (Lipinski definition) is 1. The van der Waals surface area contributed by atoms with Gasteiger partial charge in [0.2, 0.25) is 5.91 Å². The second-order valence-electron chi connectivity index (χ2n) is 8.91. The molecule has 4 rings (SSSR count). The highest BCUT2D eigenvalue weighted by atomic mass is 16.4. The Morgan fingerprint density at radius 2 is 1.80 bits per heavy atom. The number of aromatic nitrogens is 3. The van der Waals surface area contributed by atoms with Crippen LogP contribution in [0.2, 0.25) is 0 Å². The zero-order chi connectivity index (χ0) is 21.8. The zero-order valence-corrected chi connectivity index (χ0v) is 17.3. The molecule has 0 spiro atoms. The molecule has 0 unspecified atom stereocenters. The van der Waals surface area contributed by atoms with Crippen molar-refractivity contribution in [2.45, 2.75) is 52.1 Å². The Hall–Kier alpha value is -3.17. The van der Waals surface area contributed by atoms with E-state index in [1.54, 1.807) is 11.0 Å². The maximum Gasteiger partial charge on any atom is 0.323 e. The van der Waals surface area contributed by atoms with Gasteiger partial charge in [0.05, 0.1) is 17.8 Å². The first-order valence-corrected chi connectivity index (χ1v) is 10.0. The lowest BCUT2D eigenvalue weighted by molar-refractivity contribution is -0.137. The molecule has 2 aromatic heterocycles. The summed E-state index contributed by atoms with van der Waals surface area (Å²) in [6.07, 6.45) is 1.88. The summed E-state index contributed by atoms with van der Waals surface area (Å²) < 4.78 is 2.49. The number of aliphatic carboxylic acids is 1. The Morgan fingerprint density at radius 3 is 2.40 bits per heavy atom. The molecule has 30 heavy (non-hydrogen) atoms. The third-order valence-electron chi connectivity index (χ3n) is 5.66. The number of amides is 2. The van der Waals surface area contributed by atoms with Gasteiger partial charge in [-0.05, 0) is 12.8 Å². The molecule has 0 aliphatic carbocycles. The Bertz CT molecular complexity index is 1120. The highest BCUT2D eigenvalue weighted by Gasteiger charge is 2.37. The maximum atomic E-state index is 13.1. The lowest BCUT2D eigenvalue weighted by atomic mass is 9.93. The molecule has 4 heterocycles. The van der Waals surface area contributed by atoms with Crippen LogP contribution in [0.1, 0.15) is 55.4 Å². The van der Waals surface area contributed by atoms with Crippen molar-refractivity contribution in [1.82, 2.24) is 24.0 Å². The predicted molar refractivity (Wildman–Crippen MR) is 106 cm³/mol. The number of carbonyl (C=O) groups excluding carboxylic acids is 2. The Labute approximate surface area is 172 Å². The number of carboxylic acid groups (broad SMARTS) is 1. The van der Waals surface area contributed by atoms with Crippen molar-refractivity contribution in [1.29, 1.82) is 0 Å². The third-order valence-corrected chi connectivity index (χ3v) is 5.66. The van der Waals surface area contributed by atoms with Gasteiger partial charge in [-0.1, -0.05) is 20.8 Å². The number of fused-ring (bicyclic) bond motifs is 2. The van der Waals surface area contributed by atoms with Gasteiger partial charge in [-0.2, -0.15) is 9.61 Å². The molecule has 2 amide bonds. The number of likely N-dealkylation sites (tertiary alicyclic amines) is 1. The molecule has 160 valence electrons. The minimum Gasteiger partial charge on any atom is -0.480 e. The van der Waals surface area contributed by atoms with Gasteiger partial charge in [-0.15, -0.1) is 0 Å². The van der Waals surface area contributed by atoms with Crippen LogP contribution in [0.25, 0.3) is 5.65 Å². The van der Waals surface area contributed by atoms with E-state index in [9.17, 15) is 24.3 Å². The summed E-state index contributed by atoms with van der Waals surface area (Å²) in [5, 5.41) is 13.8. The molecule has 1 N–H and O–H groups in total. The summed E-state index contributed by atoms with van der Waals surface area (Å²) in [5.74, 6) is -1.80. The first-order valence-electron chi connectivity index (χ1n) is 10.0. The van der Waals surface area contributed by atoms with Gasteiger partial charge in [0.15, 0.2) is 0 Å².